The fraction of sp³-hybridized carbons (Fsp3) is 0.500. The number of nitrogens with zero attached hydrogens (tertiary/aromatic N) is 3. The van der Waals surface area contributed by atoms with Crippen molar-refractivity contribution >= 4 is 23.4 Å². The van der Waals surface area contributed by atoms with E-state index in [1.54, 1.807) is 29.2 Å². The number of likely N-dealkylation sites (N-methyl/N-ethyl adjacent to an activating group) is 1. The van der Waals surface area contributed by atoms with Crippen LogP contribution < -0.4 is 10.6 Å². The lowest BCUT2D eigenvalue weighted by Gasteiger charge is -2.21. The highest BCUT2D eigenvalue weighted by molar-refractivity contribution is 6.30. The zero-order valence-electron chi connectivity index (χ0n) is 15.2. The van der Waals surface area contributed by atoms with Gasteiger partial charge >= 0.3 is 0 Å². The van der Waals surface area contributed by atoms with Crippen LogP contribution in [0.2, 0.25) is 5.02 Å². The summed E-state index contributed by atoms with van der Waals surface area (Å²) in [6, 6.07) is 3.31. The van der Waals surface area contributed by atoms with Crippen LogP contribution in [-0.4, -0.2) is 59.2 Å². The molecule has 2 atom stereocenters. The molecule has 0 bridgehead atoms. The Morgan fingerprint density at radius 2 is 2.22 bits per heavy atom. The van der Waals surface area contributed by atoms with E-state index in [4.69, 9.17) is 16.0 Å². The summed E-state index contributed by atoms with van der Waals surface area (Å²) in [5, 5.41) is 10.6. The first-order valence-electron chi connectivity index (χ1n) is 9.00. The summed E-state index contributed by atoms with van der Waals surface area (Å²) >= 11 is 5.83. The van der Waals surface area contributed by atoms with Crippen LogP contribution in [0.5, 0.6) is 0 Å². The fourth-order valence-corrected chi connectivity index (χ4v) is 3.46. The van der Waals surface area contributed by atoms with Crippen LogP contribution in [0.25, 0.3) is 0 Å². The smallest absolute Gasteiger partial charge is 0.287 e. The maximum atomic E-state index is 12.5. The van der Waals surface area contributed by atoms with Gasteiger partial charge in [-0.3, -0.25) is 14.3 Å². The van der Waals surface area contributed by atoms with E-state index in [0.29, 0.717) is 43.4 Å². The van der Waals surface area contributed by atoms with Gasteiger partial charge in [0.15, 0.2) is 5.76 Å². The number of nitrogens with one attached hydrogen (secondary N) is 2. The molecule has 2 N–H and O–H groups in total. The number of aromatic nitrogens is 2. The van der Waals surface area contributed by atoms with Crippen molar-refractivity contribution in [2.45, 2.75) is 25.4 Å². The second-order valence-corrected chi connectivity index (χ2v) is 7.29. The number of hydrogen-bond acceptors (Lipinski definition) is 5. The lowest BCUT2D eigenvalue weighted by molar-refractivity contribution is -0.125. The summed E-state index contributed by atoms with van der Waals surface area (Å²) in [4.78, 5) is 26.8. The summed E-state index contributed by atoms with van der Waals surface area (Å²) < 4.78 is 6.83. The van der Waals surface area contributed by atoms with Gasteiger partial charge in [-0.05, 0) is 32.0 Å². The number of carbonyl (C=O) groups is 2. The van der Waals surface area contributed by atoms with Crippen LogP contribution in [0, 0.1) is 5.92 Å². The molecule has 0 unspecified atom stereocenters. The average molecular weight is 394 g/mol. The first-order valence-corrected chi connectivity index (χ1v) is 9.37. The molecular weight excluding hydrogens is 370 g/mol. The van der Waals surface area contributed by atoms with Crippen LogP contribution in [0.3, 0.4) is 0 Å². The number of halogens is 1. The van der Waals surface area contributed by atoms with Crippen molar-refractivity contribution in [2.24, 2.45) is 5.92 Å². The summed E-state index contributed by atoms with van der Waals surface area (Å²) in [5.74, 6) is -0.00561. The summed E-state index contributed by atoms with van der Waals surface area (Å²) in [5.41, 5.74) is 0. The van der Waals surface area contributed by atoms with E-state index in [2.05, 4.69) is 20.6 Å². The van der Waals surface area contributed by atoms with Crippen LogP contribution in [0.15, 0.2) is 35.2 Å². The second-order valence-electron chi connectivity index (χ2n) is 6.86. The molecule has 27 heavy (non-hydrogen) atoms. The van der Waals surface area contributed by atoms with E-state index in [-0.39, 0.29) is 23.8 Å². The van der Waals surface area contributed by atoms with Crippen molar-refractivity contribution in [1.29, 1.82) is 0 Å². The standard InChI is InChI=1S/C18H24ClN5O3/c1-23-10-13(17(25)20-6-7-24-11-14(19)9-21-24)4-5-15(12-23)22-18(26)16-3-2-8-27-16/h2-3,8-9,11,13,15H,4-7,10,12H2,1H3,(H,20,25)(H,22,26)/t13-,15+/m1/s1. The van der Waals surface area contributed by atoms with Crippen molar-refractivity contribution in [3.63, 3.8) is 0 Å². The van der Waals surface area contributed by atoms with Gasteiger partial charge in [0, 0.05) is 31.9 Å². The first kappa shape index (κ1) is 19.4. The van der Waals surface area contributed by atoms with Gasteiger partial charge in [0.2, 0.25) is 5.91 Å². The molecule has 2 aromatic heterocycles. The topological polar surface area (TPSA) is 92.4 Å². The maximum Gasteiger partial charge on any atom is 0.287 e. The first-order chi connectivity index (χ1) is 13.0. The number of likely N-dealkylation sites (tertiary alicyclic amines) is 1. The summed E-state index contributed by atoms with van der Waals surface area (Å²) in [6.07, 6.45) is 6.22. The Hall–Kier alpha value is -2.32. The minimum absolute atomic E-state index is 0.0170. The van der Waals surface area contributed by atoms with Gasteiger partial charge in [0.05, 0.1) is 29.9 Å². The molecule has 0 radical (unpaired) electrons. The highest BCUT2D eigenvalue weighted by atomic mass is 35.5. The minimum atomic E-state index is -0.223. The van der Waals surface area contributed by atoms with Gasteiger partial charge in [-0.15, -0.1) is 0 Å². The normalized spacial score (nSPS) is 20.8. The van der Waals surface area contributed by atoms with Gasteiger partial charge < -0.3 is 20.0 Å². The van der Waals surface area contributed by atoms with Gasteiger partial charge in [0.25, 0.3) is 5.91 Å². The Labute approximate surface area is 162 Å². The molecule has 2 aromatic rings. The van der Waals surface area contributed by atoms with Crippen LogP contribution in [-0.2, 0) is 11.3 Å². The maximum absolute atomic E-state index is 12.5. The van der Waals surface area contributed by atoms with E-state index in [1.807, 2.05) is 7.05 Å². The van der Waals surface area contributed by atoms with Crippen LogP contribution in [0.1, 0.15) is 23.4 Å². The van der Waals surface area contributed by atoms with Gasteiger partial charge in [-0.1, -0.05) is 11.6 Å². The lowest BCUT2D eigenvalue weighted by Crippen LogP contribution is -2.42. The molecule has 3 rings (SSSR count). The molecule has 0 aliphatic carbocycles. The highest BCUT2D eigenvalue weighted by Gasteiger charge is 2.27. The zero-order valence-corrected chi connectivity index (χ0v) is 16.0. The van der Waals surface area contributed by atoms with Crippen molar-refractivity contribution < 1.29 is 14.0 Å². The molecule has 8 nitrogen and oxygen atoms in total. The molecule has 9 heteroatoms. The SMILES string of the molecule is CN1C[C@@H](NC(=O)c2ccco2)CC[C@@H](C(=O)NCCn2cc(Cl)cn2)C1. The number of rotatable bonds is 6. The Kier molecular flexibility index (Phi) is 6.52. The minimum Gasteiger partial charge on any atom is -0.459 e. The molecule has 146 valence electrons. The third kappa shape index (κ3) is 5.58. The van der Waals surface area contributed by atoms with Gasteiger partial charge in [-0.25, -0.2) is 0 Å². The Bertz CT molecular complexity index is 761. The van der Waals surface area contributed by atoms with Crippen molar-refractivity contribution in [3.05, 3.63) is 41.6 Å². The zero-order chi connectivity index (χ0) is 19.2. The fourth-order valence-electron chi connectivity index (χ4n) is 3.31. The molecule has 1 fully saturated rings. The van der Waals surface area contributed by atoms with Crippen LogP contribution >= 0.6 is 11.6 Å². The van der Waals surface area contributed by atoms with E-state index >= 15 is 0 Å². The van der Waals surface area contributed by atoms with Gasteiger partial charge in [0.1, 0.15) is 0 Å². The number of hydrogen-bond donors (Lipinski definition) is 2. The third-order valence-electron chi connectivity index (χ3n) is 4.62. The van der Waals surface area contributed by atoms with E-state index in [1.165, 1.54) is 6.26 Å². The molecule has 3 heterocycles. The van der Waals surface area contributed by atoms with Crippen molar-refractivity contribution in [3.8, 4) is 0 Å². The number of amides is 2. The second kappa shape index (κ2) is 9.05. The Morgan fingerprint density at radius 1 is 1.37 bits per heavy atom. The lowest BCUT2D eigenvalue weighted by atomic mass is 10.0. The molecular formula is C18H24ClN5O3. The predicted molar refractivity (Wildman–Crippen MR) is 100 cm³/mol. The van der Waals surface area contributed by atoms with E-state index in [9.17, 15) is 9.59 Å². The average Bonchev–Trinajstić information content (AvgIpc) is 3.26. The Balaban J connectivity index is 1.46. The van der Waals surface area contributed by atoms with Crippen molar-refractivity contribution in [2.75, 3.05) is 26.7 Å². The third-order valence-corrected chi connectivity index (χ3v) is 4.82. The number of furan rings is 1. The highest BCUT2D eigenvalue weighted by Crippen LogP contribution is 2.17. The van der Waals surface area contributed by atoms with Gasteiger partial charge in [-0.2, -0.15) is 5.10 Å². The summed E-state index contributed by atoms with van der Waals surface area (Å²) in [7, 11) is 1.96. The summed E-state index contributed by atoms with van der Waals surface area (Å²) in [6.45, 7) is 2.42. The number of carbonyl (C=O) groups excluding carboxylic acids is 2. The Morgan fingerprint density at radius 3 is 2.93 bits per heavy atom. The molecule has 0 aromatic carbocycles. The molecule has 0 saturated carbocycles. The molecule has 1 saturated heterocycles. The molecule has 1 aliphatic rings. The molecule has 2 amide bonds. The van der Waals surface area contributed by atoms with Crippen LogP contribution in [0.4, 0.5) is 0 Å². The largest absolute Gasteiger partial charge is 0.459 e. The van der Waals surface area contributed by atoms with Crippen molar-refractivity contribution in [1.82, 2.24) is 25.3 Å². The predicted octanol–water partition coefficient (Wildman–Crippen LogP) is 1.39. The quantitative estimate of drug-likeness (QED) is 0.773. The molecule has 1 aliphatic heterocycles. The van der Waals surface area contributed by atoms with E-state index in [0.717, 1.165) is 6.42 Å². The molecule has 0 spiro atoms. The monoisotopic (exact) mass is 393 g/mol. The van der Waals surface area contributed by atoms with E-state index < -0.39 is 0 Å².